The molecule has 0 unspecified atom stereocenters. The average Bonchev–Trinajstić information content (AvgIpc) is 2.97. The van der Waals surface area contributed by atoms with Gasteiger partial charge in [0.05, 0.1) is 20.6 Å². The van der Waals surface area contributed by atoms with Gasteiger partial charge in [-0.2, -0.15) is 0 Å². The van der Waals surface area contributed by atoms with Gasteiger partial charge < -0.3 is 10.2 Å². The van der Waals surface area contributed by atoms with Gasteiger partial charge in [-0.3, -0.25) is 13.9 Å². The van der Waals surface area contributed by atoms with Crippen molar-refractivity contribution in [2.24, 2.45) is 0 Å². The minimum Gasteiger partial charge on any atom is -0.352 e. The molecule has 0 aliphatic heterocycles. The van der Waals surface area contributed by atoms with Crippen molar-refractivity contribution >= 4 is 73.9 Å². The largest absolute Gasteiger partial charge is 0.352 e. The lowest BCUT2D eigenvalue weighted by Crippen LogP contribution is -2.53. The summed E-state index contributed by atoms with van der Waals surface area (Å²) in [6.07, 6.45) is 4.92. The van der Waals surface area contributed by atoms with Gasteiger partial charge in [-0.1, -0.05) is 89.4 Å². The van der Waals surface area contributed by atoms with Crippen LogP contribution in [0, 0.1) is 6.92 Å². The maximum Gasteiger partial charge on any atom is 0.264 e. The highest BCUT2D eigenvalue weighted by Crippen LogP contribution is 2.31. The fourth-order valence-electron chi connectivity index (χ4n) is 4.99. The number of nitrogens with zero attached hydrogens (tertiary/aromatic N) is 2. The van der Waals surface area contributed by atoms with Crippen LogP contribution in [0.15, 0.2) is 65.6 Å². The number of sulfonamides is 1. The SMILES string of the molecule is Cc1ccc(S(=O)(=O)N(CC(=O)N(Cc2ccc(Cl)cc2Cl)[C@H](C)C(=O)NC2CCCCC2)c2ccc(Cl)c(Cl)c2)cc1. The Hall–Kier alpha value is -2.49. The number of anilines is 1. The number of hydrogen-bond donors (Lipinski definition) is 1. The zero-order chi connectivity index (χ0) is 31.3. The van der Waals surface area contributed by atoms with Crippen LogP contribution < -0.4 is 9.62 Å². The maximum atomic E-state index is 14.1. The summed E-state index contributed by atoms with van der Waals surface area (Å²) < 4.78 is 28.9. The average molecular weight is 686 g/mol. The zero-order valence-corrected chi connectivity index (χ0v) is 27.7. The van der Waals surface area contributed by atoms with E-state index in [1.165, 1.54) is 35.2 Å². The Labute approximate surface area is 273 Å². The van der Waals surface area contributed by atoms with Crippen molar-refractivity contribution in [2.45, 2.75) is 69.5 Å². The van der Waals surface area contributed by atoms with Gasteiger partial charge in [0.2, 0.25) is 11.8 Å². The van der Waals surface area contributed by atoms with Gasteiger partial charge in [0.15, 0.2) is 0 Å². The number of nitrogens with one attached hydrogen (secondary N) is 1. The Kier molecular flexibility index (Phi) is 11.3. The Morgan fingerprint density at radius 2 is 1.56 bits per heavy atom. The Morgan fingerprint density at radius 1 is 0.884 bits per heavy atom. The molecule has 2 amide bonds. The van der Waals surface area contributed by atoms with Crippen LogP contribution in [0.3, 0.4) is 0 Å². The minimum absolute atomic E-state index is 0.00708. The lowest BCUT2D eigenvalue weighted by atomic mass is 9.95. The molecule has 1 atom stereocenters. The molecular weight excluding hydrogens is 652 g/mol. The van der Waals surface area contributed by atoms with Crippen molar-refractivity contribution in [3.05, 3.63) is 91.9 Å². The van der Waals surface area contributed by atoms with Crippen molar-refractivity contribution in [3.63, 3.8) is 0 Å². The van der Waals surface area contributed by atoms with Crippen LogP contribution in [0.1, 0.15) is 50.2 Å². The van der Waals surface area contributed by atoms with Crippen molar-refractivity contribution in [1.82, 2.24) is 10.2 Å². The van der Waals surface area contributed by atoms with Crippen molar-refractivity contribution in [1.29, 1.82) is 0 Å². The lowest BCUT2D eigenvalue weighted by Gasteiger charge is -2.33. The summed E-state index contributed by atoms with van der Waals surface area (Å²) in [5.74, 6) is -0.938. The predicted molar refractivity (Wildman–Crippen MR) is 174 cm³/mol. The van der Waals surface area contributed by atoms with E-state index in [9.17, 15) is 18.0 Å². The molecule has 0 bridgehead atoms. The maximum absolute atomic E-state index is 14.1. The van der Waals surface area contributed by atoms with Gasteiger partial charge in [0.1, 0.15) is 12.6 Å². The highest BCUT2D eigenvalue weighted by atomic mass is 35.5. The molecule has 12 heteroatoms. The standard InChI is InChI=1S/C31H33Cl4N3O4S/c1-20-8-13-26(14-9-20)43(41,42)38(25-12-15-27(33)29(35)17-25)19-30(39)37(18-22-10-11-23(32)16-28(22)34)21(2)31(40)36-24-6-4-3-5-7-24/h8-17,21,24H,3-7,18-19H2,1-2H3,(H,36,40)/t21-/m1/s1. The van der Waals surface area contributed by atoms with E-state index >= 15 is 0 Å². The van der Waals surface area contributed by atoms with E-state index in [1.54, 1.807) is 37.3 Å². The number of hydrogen-bond acceptors (Lipinski definition) is 4. The van der Waals surface area contributed by atoms with E-state index in [-0.39, 0.29) is 39.1 Å². The normalized spacial score (nSPS) is 14.7. The number of rotatable bonds is 10. The molecule has 3 aromatic rings. The first-order chi connectivity index (χ1) is 20.4. The van der Waals surface area contributed by atoms with Gasteiger partial charge in [0, 0.05) is 22.6 Å². The summed E-state index contributed by atoms with van der Waals surface area (Å²) in [5, 5.41) is 4.17. The van der Waals surface area contributed by atoms with Crippen LogP contribution in [0.2, 0.25) is 20.1 Å². The van der Waals surface area contributed by atoms with E-state index in [0.29, 0.717) is 15.6 Å². The second-order valence-electron chi connectivity index (χ2n) is 10.7. The van der Waals surface area contributed by atoms with Crippen LogP contribution in [0.5, 0.6) is 0 Å². The third kappa shape index (κ3) is 8.37. The Morgan fingerprint density at radius 3 is 2.19 bits per heavy atom. The summed E-state index contributed by atoms with van der Waals surface area (Å²) in [6, 6.07) is 14.6. The van der Waals surface area contributed by atoms with Crippen molar-refractivity contribution < 1.29 is 18.0 Å². The minimum atomic E-state index is -4.24. The molecule has 1 aliphatic rings. The topological polar surface area (TPSA) is 86.8 Å². The quantitative estimate of drug-likeness (QED) is 0.238. The fraction of sp³-hybridized carbons (Fsp3) is 0.355. The van der Waals surface area contributed by atoms with E-state index in [0.717, 1.165) is 42.0 Å². The highest BCUT2D eigenvalue weighted by molar-refractivity contribution is 7.92. The molecule has 43 heavy (non-hydrogen) atoms. The molecule has 7 nitrogen and oxygen atoms in total. The predicted octanol–water partition coefficient (Wildman–Crippen LogP) is 7.67. The summed E-state index contributed by atoms with van der Waals surface area (Å²) >= 11 is 24.9. The smallest absolute Gasteiger partial charge is 0.264 e. The van der Waals surface area contributed by atoms with Crippen molar-refractivity contribution in [2.75, 3.05) is 10.8 Å². The van der Waals surface area contributed by atoms with Gasteiger partial charge in [-0.05, 0) is 74.7 Å². The number of amides is 2. The lowest BCUT2D eigenvalue weighted by molar-refractivity contribution is -0.139. The van der Waals surface area contributed by atoms with E-state index < -0.39 is 28.5 Å². The second kappa shape index (κ2) is 14.5. The first-order valence-corrected chi connectivity index (χ1v) is 16.9. The molecule has 3 aromatic carbocycles. The van der Waals surface area contributed by atoms with Crippen LogP contribution in [0.4, 0.5) is 5.69 Å². The first kappa shape index (κ1) is 33.4. The highest BCUT2D eigenvalue weighted by Gasteiger charge is 2.33. The second-order valence-corrected chi connectivity index (χ2v) is 14.2. The fourth-order valence-corrected chi connectivity index (χ4v) is 7.16. The number of aryl methyl sites for hydroxylation is 1. The molecular formula is C31H33Cl4N3O4S. The van der Waals surface area contributed by atoms with E-state index in [2.05, 4.69) is 5.32 Å². The number of halogens is 4. The Balaban J connectivity index is 1.71. The zero-order valence-electron chi connectivity index (χ0n) is 23.8. The molecule has 230 valence electrons. The van der Waals surface area contributed by atoms with Gasteiger partial charge >= 0.3 is 0 Å². The molecule has 0 spiro atoms. The molecule has 0 saturated heterocycles. The molecule has 4 rings (SSSR count). The summed E-state index contributed by atoms with van der Waals surface area (Å²) in [6.45, 7) is 2.81. The molecule has 0 heterocycles. The van der Waals surface area contributed by atoms with Gasteiger partial charge in [0.25, 0.3) is 10.0 Å². The molecule has 1 saturated carbocycles. The number of carbonyl (C=O) groups is 2. The van der Waals surface area contributed by atoms with E-state index in [4.69, 9.17) is 46.4 Å². The van der Waals surface area contributed by atoms with Crippen LogP contribution in [0.25, 0.3) is 0 Å². The third-order valence-electron chi connectivity index (χ3n) is 7.55. The molecule has 0 radical (unpaired) electrons. The van der Waals surface area contributed by atoms with Crippen LogP contribution in [-0.4, -0.2) is 43.8 Å². The summed E-state index contributed by atoms with van der Waals surface area (Å²) in [5.41, 5.74) is 1.58. The Bertz CT molecular complexity index is 1580. The molecule has 0 aromatic heterocycles. The van der Waals surface area contributed by atoms with Crippen LogP contribution in [-0.2, 0) is 26.2 Å². The van der Waals surface area contributed by atoms with Crippen LogP contribution >= 0.6 is 46.4 Å². The summed E-state index contributed by atoms with van der Waals surface area (Å²) in [4.78, 5) is 28.9. The first-order valence-electron chi connectivity index (χ1n) is 13.9. The summed E-state index contributed by atoms with van der Waals surface area (Å²) in [7, 11) is -4.24. The van der Waals surface area contributed by atoms with Crippen molar-refractivity contribution in [3.8, 4) is 0 Å². The molecule has 1 aliphatic carbocycles. The number of benzene rings is 3. The van der Waals surface area contributed by atoms with E-state index in [1.807, 2.05) is 6.92 Å². The third-order valence-corrected chi connectivity index (χ3v) is 10.7. The monoisotopic (exact) mass is 683 g/mol. The molecule has 1 fully saturated rings. The number of carbonyl (C=O) groups excluding carboxylic acids is 2. The van der Waals surface area contributed by atoms with Gasteiger partial charge in [-0.15, -0.1) is 0 Å². The molecule has 1 N–H and O–H groups in total. The van der Waals surface area contributed by atoms with Gasteiger partial charge in [-0.25, -0.2) is 8.42 Å².